The molecule has 0 atom stereocenters. The number of nitrogens with zero attached hydrogens (tertiary/aromatic N) is 2. The Kier molecular flexibility index (Phi) is 6.96. The van der Waals surface area contributed by atoms with Gasteiger partial charge in [-0.3, -0.25) is 4.79 Å². The van der Waals surface area contributed by atoms with Crippen LogP contribution < -0.4 is 15.8 Å². The van der Waals surface area contributed by atoms with Crippen LogP contribution in [0.2, 0.25) is 0 Å². The number of ether oxygens (including phenoxy) is 1. The van der Waals surface area contributed by atoms with Crippen molar-refractivity contribution in [3.63, 3.8) is 0 Å². The summed E-state index contributed by atoms with van der Waals surface area (Å²) in [5.41, 5.74) is 12.3. The number of nitrogens with one attached hydrogen (secondary N) is 1. The third kappa shape index (κ3) is 5.60. The quantitative estimate of drug-likeness (QED) is 0.225. The van der Waals surface area contributed by atoms with Crippen LogP contribution in [-0.2, 0) is 0 Å². The van der Waals surface area contributed by atoms with Crippen molar-refractivity contribution < 1.29 is 9.53 Å². The molecule has 0 aliphatic rings. The van der Waals surface area contributed by atoms with Crippen molar-refractivity contribution in [2.75, 3.05) is 11.1 Å². The number of carbonyl (C=O) groups excluding carboxylic acids is 1. The molecule has 6 nitrogen and oxygen atoms in total. The van der Waals surface area contributed by atoms with Gasteiger partial charge in [0, 0.05) is 35.3 Å². The predicted molar refractivity (Wildman–Crippen MR) is 153 cm³/mol. The predicted octanol–water partition coefficient (Wildman–Crippen LogP) is 7.60. The highest BCUT2D eigenvalue weighted by Gasteiger charge is 2.19. The average molecular weight is 503 g/mol. The number of carbonyl (C=O) groups is 1. The van der Waals surface area contributed by atoms with Crippen molar-refractivity contribution in [1.29, 1.82) is 0 Å². The molecule has 38 heavy (non-hydrogen) atoms. The summed E-state index contributed by atoms with van der Waals surface area (Å²) in [6.45, 7) is 6.30. The zero-order valence-electron chi connectivity index (χ0n) is 21.7. The number of benzene rings is 4. The second-order valence-corrected chi connectivity index (χ2v) is 9.61. The molecule has 0 unspecified atom stereocenters. The molecule has 0 spiro atoms. The normalized spacial score (nSPS) is 10.9. The molecule has 0 aliphatic heterocycles. The molecule has 1 heterocycles. The Morgan fingerprint density at radius 2 is 1.66 bits per heavy atom. The minimum Gasteiger partial charge on any atom is -0.457 e. The fraction of sp³-hybridized carbons (Fsp3) is 0.125. The second kappa shape index (κ2) is 10.6. The summed E-state index contributed by atoms with van der Waals surface area (Å²) in [5.74, 6) is 1.35. The summed E-state index contributed by atoms with van der Waals surface area (Å²) in [6, 6.07) is 30.9. The van der Waals surface area contributed by atoms with Gasteiger partial charge in [-0.05, 0) is 48.7 Å². The van der Waals surface area contributed by atoms with E-state index in [0.29, 0.717) is 40.0 Å². The van der Waals surface area contributed by atoms with Crippen molar-refractivity contribution in [3.8, 4) is 28.4 Å². The van der Waals surface area contributed by atoms with E-state index in [4.69, 9.17) is 15.6 Å². The number of hydrogen-bond acceptors (Lipinski definition) is 4. The Morgan fingerprint density at radius 1 is 0.895 bits per heavy atom. The summed E-state index contributed by atoms with van der Waals surface area (Å²) in [4.78, 5) is 13.6. The fourth-order valence-electron chi connectivity index (χ4n) is 4.20. The number of aromatic nitrogens is 2. The first kappa shape index (κ1) is 24.8. The molecular formula is C32H30N4O2. The first-order valence-electron chi connectivity index (χ1n) is 12.6. The second-order valence-electron chi connectivity index (χ2n) is 9.61. The maximum atomic E-state index is 13.6. The van der Waals surface area contributed by atoms with Gasteiger partial charge in [0.05, 0.1) is 11.3 Å². The van der Waals surface area contributed by atoms with Crippen molar-refractivity contribution in [1.82, 2.24) is 9.78 Å². The topological polar surface area (TPSA) is 82.2 Å². The third-order valence-corrected chi connectivity index (χ3v) is 6.25. The number of nitrogens with two attached hydrogens (primary N) is 1. The molecule has 5 rings (SSSR count). The lowest BCUT2D eigenvalue weighted by Gasteiger charge is -2.12. The summed E-state index contributed by atoms with van der Waals surface area (Å²) >= 11 is 0. The number of anilines is 2. The number of rotatable bonds is 7. The van der Waals surface area contributed by atoms with E-state index in [1.54, 1.807) is 29.1 Å². The van der Waals surface area contributed by atoms with Crippen molar-refractivity contribution in [2.24, 2.45) is 0 Å². The van der Waals surface area contributed by atoms with E-state index in [-0.39, 0.29) is 5.91 Å². The van der Waals surface area contributed by atoms with Gasteiger partial charge in [0.1, 0.15) is 17.2 Å². The molecule has 0 saturated heterocycles. The Hall–Kier alpha value is -4.84. The van der Waals surface area contributed by atoms with Gasteiger partial charge in [-0.15, -0.1) is 0 Å². The smallest absolute Gasteiger partial charge is 0.259 e. The average Bonchev–Trinajstić information content (AvgIpc) is 3.35. The molecule has 4 aromatic carbocycles. The van der Waals surface area contributed by atoms with E-state index in [1.165, 1.54) is 5.56 Å². The zero-order chi connectivity index (χ0) is 26.6. The van der Waals surface area contributed by atoms with Gasteiger partial charge in [-0.25, -0.2) is 4.68 Å². The Bertz CT molecular complexity index is 1570. The van der Waals surface area contributed by atoms with Gasteiger partial charge in [0.15, 0.2) is 0 Å². The lowest BCUT2D eigenvalue weighted by molar-refractivity contribution is 0.102. The highest BCUT2D eigenvalue weighted by molar-refractivity contribution is 6.08. The number of aryl methyl sites for hydroxylation is 1. The molecule has 0 radical (unpaired) electrons. The van der Waals surface area contributed by atoms with Crippen LogP contribution in [0.5, 0.6) is 11.5 Å². The van der Waals surface area contributed by atoms with Crippen LogP contribution in [0.3, 0.4) is 0 Å². The lowest BCUT2D eigenvalue weighted by Crippen LogP contribution is -2.12. The fourth-order valence-corrected chi connectivity index (χ4v) is 4.20. The monoisotopic (exact) mass is 502 g/mol. The van der Waals surface area contributed by atoms with Gasteiger partial charge in [-0.1, -0.05) is 74.0 Å². The van der Waals surface area contributed by atoms with E-state index < -0.39 is 0 Å². The van der Waals surface area contributed by atoms with Crippen LogP contribution in [0.1, 0.15) is 41.3 Å². The molecule has 1 amide bonds. The van der Waals surface area contributed by atoms with E-state index >= 15 is 0 Å². The standard InChI is InChI=1S/C32H30N4O2/c1-21(2)24-8-7-11-28(16-24)38-29-18-25(33)17-26(19-29)34-32(37)30-20-36(27-9-5-4-6-10-27)35-31(30)23-14-12-22(3)13-15-23/h4-21H,33H2,1-3H3,(H,34,37). The largest absolute Gasteiger partial charge is 0.457 e. The highest BCUT2D eigenvalue weighted by Crippen LogP contribution is 2.30. The first-order valence-corrected chi connectivity index (χ1v) is 12.6. The maximum Gasteiger partial charge on any atom is 0.259 e. The van der Waals surface area contributed by atoms with E-state index in [0.717, 1.165) is 16.8 Å². The van der Waals surface area contributed by atoms with Gasteiger partial charge in [0.25, 0.3) is 5.91 Å². The van der Waals surface area contributed by atoms with Crippen LogP contribution in [0.25, 0.3) is 16.9 Å². The molecule has 0 saturated carbocycles. The number of para-hydroxylation sites is 1. The van der Waals surface area contributed by atoms with Gasteiger partial charge in [-0.2, -0.15) is 5.10 Å². The molecule has 0 aliphatic carbocycles. The Morgan fingerprint density at radius 3 is 2.39 bits per heavy atom. The van der Waals surface area contributed by atoms with E-state index in [1.807, 2.05) is 79.7 Å². The molecule has 3 N–H and O–H groups in total. The molecular weight excluding hydrogens is 472 g/mol. The first-order chi connectivity index (χ1) is 18.4. The SMILES string of the molecule is Cc1ccc(-c2nn(-c3ccccc3)cc2C(=O)Nc2cc(N)cc(Oc3cccc(C(C)C)c3)c2)cc1. The van der Waals surface area contributed by atoms with Gasteiger partial charge < -0.3 is 15.8 Å². The van der Waals surface area contributed by atoms with Crippen LogP contribution in [0.4, 0.5) is 11.4 Å². The number of nitrogen functional groups attached to an aromatic ring is 1. The molecule has 1 aromatic heterocycles. The summed E-state index contributed by atoms with van der Waals surface area (Å²) in [6.07, 6.45) is 1.75. The minimum atomic E-state index is -0.291. The summed E-state index contributed by atoms with van der Waals surface area (Å²) in [5, 5.41) is 7.75. The number of amides is 1. The lowest BCUT2D eigenvalue weighted by atomic mass is 10.0. The highest BCUT2D eigenvalue weighted by atomic mass is 16.5. The Labute approximate surface area is 222 Å². The molecule has 6 heteroatoms. The zero-order valence-corrected chi connectivity index (χ0v) is 21.7. The van der Waals surface area contributed by atoms with E-state index in [2.05, 4.69) is 25.2 Å². The van der Waals surface area contributed by atoms with Crippen molar-refractivity contribution in [3.05, 3.63) is 120 Å². The summed E-state index contributed by atoms with van der Waals surface area (Å²) in [7, 11) is 0. The van der Waals surface area contributed by atoms with E-state index in [9.17, 15) is 4.79 Å². The van der Waals surface area contributed by atoms with Crippen LogP contribution in [0, 0.1) is 6.92 Å². The van der Waals surface area contributed by atoms with Crippen molar-refractivity contribution >= 4 is 17.3 Å². The summed E-state index contributed by atoms with van der Waals surface area (Å²) < 4.78 is 7.82. The maximum absolute atomic E-state index is 13.6. The van der Waals surface area contributed by atoms with Crippen LogP contribution in [0.15, 0.2) is 103 Å². The minimum absolute atomic E-state index is 0.291. The van der Waals surface area contributed by atoms with Crippen LogP contribution >= 0.6 is 0 Å². The molecule has 190 valence electrons. The molecule has 0 fully saturated rings. The van der Waals surface area contributed by atoms with Crippen molar-refractivity contribution in [2.45, 2.75) is 26.7 Å². The third-order valence-electron chi connectivity index (χ3n) is 6.25. The van der Waals surface area contributed by atoms with Gasteiger partial charge in [0.2, 0.25) is 0 Å². The molecule has 5 aromatic rings. The van der Waals surface area contributed by atoms with Gasteiger partial charge >= 0.3 is 0 Å². The Balaban J connectivity index is 1.45. The van der Waals surface area contributed by atoms with Crippen LogP contribution in [-0.4, -0.2) is 15.7 Å². The molecule has 0 bridgehead atoms. The number of hydrogen-bond donors (Lipinski definition) is 2.